The minimum absolute atomic E-state index is 0.0688. The summed E-state index contributed by atoms with van der Waals surface area (Å²) in [6.45, 7) is 5.97. The van der Waals surface area contributed by atoms with Crippen molar-refractivity contribution in [2.75, 3.05) is 19.1 Å². The van der Waals surface area contributed by atoms with Gasteiger partial charge in [0.15, 0.2) is 0 Å². The zero-order valence-corrected chi connectivity index (χ0v) is 15.8. The van der Waals surface area contributed by atoms with Gasteiger partial charge in [-0.05, 0) is 70.5 Å². The quantitative estimate of drug-likeness (QED) is 0.651. The molecular formula is C19H20INO2. The molecule has 0 radical (unpaired) electrons. The third kappa shape index (κ3) is 3.75. The molecule has 1 amide bonds. The molecule has 0 heterocycles. The van der Waals surface area contributed by atoms with Gasteiger partial charge in [0.25, 0.3) is 5.91 Å². The summed E-state index contributed by atoms with van der Waals surface area (Å²) in [5.74, 6) is 0.605. The molecule has 0 N–H and O–H groups in total. The summed E-state index contributed by atoms with van der Waals surface area (Å²) in [7, 11) is 3.38. The van der Waals surface area contributed by atoms with Crippen LogP contribution in [0, 0.1) is 3.57 Å². The largest absolute Gasteiger partial charge is 0.497 e. The molecule has 0 aromatic heterocycles. The first kappa shape index (κ1) is 17.5. The number of ether oxygens (including phenoxy) is 1. The lowest BCUT2D eigenvalue weighted by Crippen LogP contribution is -2.27. The van der Waals surface area contributed by atoms with Crippen LogP contribution in [0.2, 0.25) is 0 Å². The molecule has 0 fully saturated rings. The third-order valence-electron chi connectivity index (χ3n) is 3.79. The predicted molar refractivity (Wildman–Crippen MR) is 104 cm³/mol. The molecule has 2 aromatic carbocycles. The maximum Gasteiger partial charge on any atom is 0.259 e. The van der Waals surface area contributed by atoms with Crippen LogP contribution in [-0.2, 0) is 6.42 Å². The van der Waals surface area contributed by atoms with Crippen molar-refractivity contribution in [2.24, 2.45) is 0 Å². The second kappa shape index (κ2) is 7.64. The van der Waals surface area contributed by atoms with Gasteiger partial charge in [0.1, 0.15) is 5.75 Å². The number of carbonyl (C=O) groups is 1. The van der Waals surface area contributed by atoms with Crippen molar-refractivity contribution < 1.29 is 9.53 Å². The van der Waals surface area contributed by atoms with E-state index in [1.807, 2.05) is 24.3 Å². The lowest BCUT2D eigenvalue weighted by Gasteiger charge is -2.21. The summed E-state index contributed by atoms with van der Waals surface area (Å²) in [5, 5.41) is 0. The second-order valence-corrected chi connectivity index (χ2v) is 6.32. The summed E-state index contributed by atoms with van der Waals surface area (Å²) in [6.07, 6.45) is 2.74. The summed E-state index contributed by atoms with van der Waals surface area (Å²) >= 11 is 2.17. The Bertz CT molecular complexity index is 740. The second-order valence-electron chi connectivity index (χ2n) is 5.16. The molecule has 0 saturated heterocycles. The molecule has 4 heteroatoms. The first-order valence-electron chi connectivity index (χ1n) is 7.38. The molecule has 0 atom stereocenters. The van der Waals surface area contributed by atoms with Crippen molar-refractivity contribution in [2.45, 2.75) is 13.3 Å². The van der Waals surface area contributed by atoms with Gasteiger partial charge in [-0.15, -0.1) is 0 Å². The predicted octanol–water partition coefficient (Wildman–Crippen LogP) is 4.78. The zero-order valence-electron chi connectivity index (χ0n) is 13.6. The molecule has 0 aliphatic carbocycles. The van der Waals surface area contributed by atoms with Gasteiger partial charge < -0.3 is 9.64 Å². The molecular weight excluding hydrogens is 401 g/mol. The fourth-order valence-corrected chi connectivity index (χ4v) is 2.94. The molecule has 0 unspecified atom stereocenters. The Hall–Kier alpha value is -1.82. The maximum absolute atomic E-state index is 12.9. The Morgan fingerprint density at radius 2 is 2.04 bits per heavy atom. The monoisotopic (exact) mass is 421 g/mol. The molecule has 3 nitrogen and oxygen atoms in total. The normalized spacial score (nSPS) is 10.3. The van der Waals surface area contributed by atoms with Gasteiger partial charge in [-0.1, -0.05) is 25.6 Å². The number of aryl methyl sites for hydroxylation is 1. The first-order chi connectivity index (χ1) is 11.0. The van der Waals surface area contributed by atoms with E-state index in [2.05, 4.69) is 42.2 Å². The Labute approximate surface area is 151 Å². The van der Waals surface area contributed by atoms with Crippen molar-refractivity contribution in [1.29, 1.82) is 0 Å². The number of methoxy groups -OCH3 is 1. The third-order valence-corrected chi connectivity index (χ3v) is 4.73. The summed E-state index contributed by atoms with van der Waals surface area (Å²) < 4.78 is 6.12. The van der Waals surface area contributed by atoms with Gasteiger partial charge in [-0.3, -0.25) is 4.79 Å². The molecule has 23 heavy (non-hydrogen) atoms. The van der Waals surface area contributed by atoms with Crippen LogP contribution in [-0.4, -0.2) is 20.1 Å². The molecule has 120 valence electrons. The van der Waals surface area contributed by atoms with Gasteiger partial charge in [-0.25, -0.2) is 0 Å². The number of hydrogen-bond donors (Lipinski definition) is 0. The molecule has 2 rings (SSSR count). The van der Waals surface area contributed by atoms with E-state index in [4.69, 9.17) is 4.74 Å². The average molecular weight is 421 g/mol. The molecule has 0 spiro atoms. The maximum atomic E-state index is 12.9. The van der Waals surface area contributed by atoms with Gasteiger partial charge in [0, 0.05) is 10.6 Å². The minimum atomic E-state index is -0.0688. The number of anilines is 1. The van der Waals surface area contributed by atoms with Crippen LogP contribution in [0.15, 0.2) is 43.0 Å². The summed E-state index contributed by atoms with van der Waals surface area (Å²) in [6, 6.07) is 11.6. The number of amides is 1. The number of carbonyl (C=O) groups excluding carboxylic acids is 1. The highest BCUT2D eigenvalue weighted by Gasteiger charge is 2.19. The highest BCUT2D eigenvalue weighted by atomic mass is 127. The molecule has 2 aromatic rings. The van der Waals surface area contributed by atoms with Crippen molar-refractivity contribution >= 4 is 40.3 Å². The smallest absolute Gasteiger partial charge is 0.259 e. The van der Waals surface area contributed by atoms with Gasteiger partial charge in [0.05, 0.1) is 18.4 Å². The van der Waals surface area contributed by atoms with Crippen LogP contribution in [0.25, 0.3) is 6.08 Å². The van der Waals surface area contributed by atoms with E-state index in [-0.39, 0.29) is 5.91 Å². The Balaban J connectivity index is 2.42. The standard InChI is InChI=1S/C19H20INO2/c1-5-13-7-10-18(14(6-2)11-13)21(3)19(22)16-12-15(23-4)8-9-17(16)20/h6-12H,2,5H2,1,3-4H3. The highest BCUT2D eigenvalue weighted by Crippen LogP contribution is 2.26. The number of benzene rings is 2. The SMILES string of the molecule is C=Cc1cc(CC)ccc1N(C)C(=O)c1cc(OC)ccc1I. The van der Waals surface area contributed by atoms with E-state index in [0.29, 0.717) is 11.3 Å². The Morgan fingerprint density at radius 3 is 2.65 bits per heavy atom. The van der Waals surface area contributed by atoms with Crippen molar-refractivity contribution in [3.8, 4) is 5.75 Å². The van der Waals surface area contributed by atoms with Crippen LogP contribution in [0.3, 0.4) is 0 Å². The number of halogens is 1. The first-order valence-corrected chi connectivity index (χ1v) is 8.46. The molecule has 0 aliphatic heterocycles. The van der Waals surface area contributed by atoms with E-state index in [1.54, 1.807) is 31.2 Å². The van der Waals surface area contributed by atoms with Crippen LogP contribution in [0.5, 0.6) is 5.75 Å². The lowest BCUT2D eigenvalue weighted by molar-refractivity contribution is 0.0991. The van der Waals surface area contributed by atoms with E-state index in [9.17, 15) is 4.79 Å². The van der Waals surface area contributed by atoms with Gasteiger partial charge >= 0.3 is 0 Å². The Kier molecular flexibility index (Phi) is 5.82. The van der Waals surface area contributed by atoms with Crippen LogP contribution in [0.1, 0.15) is 28.4 Å². The zero-order chi connectivity index (χ0) is 17.0. The molecule has 0 saturated carbocycles. The topological polar surface area (TPSA) is 29.5 Å². The van der Waals surface area contributed by atoms with Gasteiger partial charge in [0.2, 0.25) is 0 Å². The van der Waals surface area contributed by atoms with Crippen LogP contribution >= 0.6 is 22.6 Å². The van der Waals surface area contributed by atoms with E-state index >= 15 is 0 Å². The highest BCUT2D eigenvalue weighted by molar-refractivity contribution is 14.1. The van der Waals surface area contributed by atoms with Crippen molar-refractivity contribution in [3.63, 3.8) is 0 Å². The van der Waals surface area contributed by atoms with E-state index in [0.717, 1.165) is 21.2 Å². The van der Waals surface area contributed by atoms with E-state index < -0.39 is 0 Å². The Morgan fingerprint density at radius 1 is 1.30 bits per heavy atom. The molecule has 0 aliphatic rings. The van der Waals surface area contributed by atoms with E-state index in [1.165, 1.54) is 5.56 Å². The van der Waals surface area contributed by atoms with Crippen LogP contribution in [0.4, 0.5) is 5.69 Å². The average Bonchev–Trinajstić information content (AvgIpc) is 2.60. The fourth-order valence-electron chi connectivity index (χ4n) is 2.38. The van der Waals surface area contributed by atoms with Crippen molar-refractivity contribution in [3.05, 3.63) is 63.2 Å². The fraction of sp³-hybridized carbons (Fsp3) is 0.211. The summed E-state index contributed by atoms with van der Waals surface area (Å²) in [4.78, 5) is 14.5. The summed E-state index contributed by atoms with van der Waals surface area (Å²) in [5.41, 5.74) is 3.65. The lowest BCUT2D eigenvalue weighted by atomic mass is 10.1. The van der Waals surface area contributed by atoms with Crippen LogP contribution < -0.4 is 9.64 Å². The number of rotatable bonds is 5. The number of nitrogens with zero attached hydrogens (tertiary/aromatic N) is 1. The molecule has 0 bridgehead atoms. The van der Waals surface area contributed by atoms with Crippen molar-refractivity contribution in [1.82, 2.24) is 0 Å². The minimum Gasteiger partial charge on any atom is -0.497 e. The number of hydrogen-bond acceptors (Lipinski definition) is 2. The van der Waals surface area contributed by atoms with Gasteiger partial charge in [-0.2, -0.15) is 0 Å².